The number of carbonyl (C=O) groups is 1. The summed E-state index contributed by atoms with van der Waals surface area (Å²) >= 11 is 0. The number of nitrogens with zero attached hydrogens (tertiary/aromatic N) is 1. The molecule has 94 valence electrons. The maximum absolute atomic E-state index is 10.7. The van der Waals surface area contributed by atoms with E-state index in [2.05, 4.69) is 24.1 Å². The quantitative estimate of drug-likeness (QED) is 0.697. The minimum Gasteiger partial charge on any atom is -0.369 e. The van der Waals surface area contributed by atoms with Crippen LogP contribution in [-0.2, 0) is 4.79 Å². The molecule has 1 atom stereocenters. The van der Waals surface area contributed by atoms with Gasteiger partial charge in [-0.3, -0.25) is 4.79 Å². The van der Waals surface area contributed by atoms with Crippen LogP contribution in [0.3, 0.4) is 0 Å². The molecule has 3 N–H and O–H groups in total. The molecule has 0 aromatic heterocycles. The van der Waals surface area contributed by atoms with Gasteiger partial charge in [-0.25, -0.2) is 0 Å². The van der Waals surface area contributed by atoms with Crippen LogP contribution < -0.4 is 11.1 Å². The molecule has 1 heterocycles. The smallest absolute Gasteiger partial charge is 0.231 e. The van der Waals surface area contributed by atoms with E-state index in [4.69, 9.17) is 5.73 Å². The molecule has 4 nitrogen and oxygen atoms in total. The third-order valence-corrected chi connectivity index (χ3v) is 3.48. The molecule has 1 saturated heterocycles. The monoisotopic (exact) mass is 227 g/mol. The van der Waals surface area contributed by atoms with Gasteiger partial charge in [0.15, 0.2) is 0 Å². The Morgan fingerprint density at radius 3 is 2.62 bits per heavy atom. The van der Waals surface area contributed by atoms with Crippen molar-refractivity contribution in [1.29, 1.82) is 0 Å². The molecule has 1 aliphatic rings. The third kappa shape index (κ3) is 4.49. The molecule has 1 fully saturated rings. The summed E-state index contributed by atoms with van der Waals surface area (Å²) in [5.41, 5.74) is 5.12. The molecule has 1 aliphatic heterocycles. The lowest BCUT2D eigenvalue weighted by atomic mass is 9.90. The Morgan fingerprint density at radius 1 is 1.50 bits per heavy atom. The van der Waals surface area contributed by atoms with E-state index >= 15 is 0 Å². The second kappa shape index (κ2) is 6.86. The van der Waals surface area contributed by atoms with Crippen molar-refractivity contribution >= 4 is 5.91 Å². The van der Waals surface area contributed by atoms with Gasteiger partial charge in [0.05, 0.1) is 6.54 Å². The van der Waals surface area contributed by atoms with Crippen LogP contribution in [0.2, 0.25) is 0 Å². The predicted molar refractivity (Wildman–Crippen MR) is 66.1 cm³/mol. The van der Waals surface area contributed by atoms with Crippen LogP contribution in [0.1, 0.15) is 33.1 Å². The van der Waals surface area contributed by atoms with Gasteiger partial charge < -0.3 is 16.0 Å². The zero-order valence-electron chi connectivity index (χ0n) is 10.5. The minimum atomic E-state index is -0.268. The first-order valence-electron chi connectivity index (χ1n) is 6.37. The van der Waals surface area contributed by atoms with E-state index in [9.17, 15) is 4.79 Å². The molecule has 4 heteroatoms. The summed E-state index contributed by atoms with van der Waals surface area (Å²) in [6.45, 7) is 8.29. The van der Waals surface area contributed by atoms with Crippen molar-refractivity contribution < 1.29 is 4.79 Å². The Hall–Kier alpha value is -0.610. The average Bonchev–Trinajstić information content (AvgIpc) is 2.27. The molecule has 0 radical (unpaired) electrons. The van der Waals surface area contributed by atoms with Gasteiger partial charge in [0, 0.05) is 6.04 Å². The molecule has 16 heavy (non-hydrogen) atoms. The second-order valence-electron chi connectivity index (χ2n) is 4.81. The summed E-state index contributed by atoms with van der Waals surface area (Å²) < 4.78 is 0. The number of nitrogens with one attached hydrogen (secondary N) is 1. The molecule has 0 aromatic carbocycles. The zero-order chi connectivity index (χ0) is 12.0. The van der Waals surface area contributed by atoms with Crippen molar-refractivity contribution in [3.63, 3.8) is 0 Å². The Balaban J connectivity index is 2.21. The van der Waals surface area contributed by atoms with Crippen molar-refractivity contribution in [2.45, 2.75) is 39.2 Å². The van der Waals surface area contributed by atoms with Gasteiger partial charge in [-0.05, 0) is 51.7 Å². The summed E-state index contributed by atoms with van der Waals surface area (Å²) in [4.78, 5) is 13.2. The lowest BCUT2D eigenvalue weighted by Gasteiger charge is -2.34. The molecule has 0 aliphatic carbocycles. The van der Waals surface area contributed by atoms with Crippen molar-refractivity contribution in [2.75, 3.05) is 26.2 Å². The second-order valence-corrected chi connectivity index (χ2v) is 4.81. The molecule has 1 rings (SSSR count). The lowest BCUT2D eigenvalue weighted by molar-refractivity contribution is -0.117. The van der Waals surface area contributed by atoms with Crippen LogP contribution in [0.25, 0.3) is 0 Å². The lowest BCUT2D eigenvalue weighted by Crippen LogP contribution is -2.44. The van der Waals surface area contributed by atoms with Crippen LogP contribution in [0, 0.1) is 5.92 Å². The summed E-state index contributed by atoms with van der Waals surface area (Å²) in [6.07, 6.45) is 3.69. The summed E-state index contributed by atoms with van der Waals surface area (Å²) in [5, 5.41) is 3.21. The van der Waals surface area contributed by atoms with Gasteiger partial charge in [-0.2, -0.15) is 0 Å². The Kier molecular flexibility index (Phi) is 5.77. The van der Waals surface area contributed by atoms with Crippen molar-refractivity contribution in [3.05, 3.63) is 0 Å². The standard InChI is InChI=1S/C12H25N3O/c1-3-6-15-7-4-11(5-8-15)10(2)14-9-12(13)16/h10-11,14H,3-9H2,1-2H3,(H2,13,16). The first-order valence-corrected chi connectivity index (χ1v) is 6.37. The molecule has 0 bridgehead atoms. The van der Waals surface area contributed by atoms with E-state index in [0.29, 0.717) is 18.5 Å². The number of amides is 1. The van der Waals surface area contributed by atoms with Gasteiger partial charge in [0.2, 0.25) is 5.91 Å². The largest absolute Gasteiger partial charge is 0.369 e. The maximum Gasteiger partial charge on any atom is 0.231 e. The van der Waals surface area contributed by atoms with Gasteiger partial charge in [0.1, 0.15) is 0 Å². The number of nitrogens with two attached hydrogens (primary N) is 1. The van der Waals surface area contributed by atoms with E-state index in [-0.39, 0.29) is 5.91 Å². The summed E-state index contributed by atoms with van der Waals surface area (Å²) in [6, 6.07) is 0.399. The number of likely N-dealkylation sites (tertiary alicyclic amines) is 1. The highest BCUT2D eigenvalue weighted by Crippen LogP contribution is 2.20. The minimum absolute atomic E-state index is 0.268. The molecular weight excluding hydrogens is 202 g/mol. The summed E-state index contributed by atoms with van der Waals surface area (Å²) in [5.74, 6) is 0.419. The third-order valence-electron chi connectivity index (χ3n) is 3.48. The molecule has 0 saturated carbocycles. The van der Waals surface area contributed by atoms with Crippen LogP contribution in [0.4, 0.5) is 0 Å². The Bertz CT molecular complexity index is 212. The van der Waals surface area contributed by atoms with Crippen LogP contribution in [0.15, 0.2) is 0 Å². The van der Waals surface area contributed by atoms with E-state index < -0.39 is 0 Å². The Labute approximate surface area is 98.6 Å². The normalized spacial score (nSPS) is 20.9. The molecule has 1 unspecified atom stereocenters. The highest BCUT2D eigenvalue weighted by molar-refractivity contribution is 5.75. The van der Waals surface area contributed by atoms with Crippen LogP contribution >= 0.6 is 0 Å². The molecular formula is C12H25N3O. The molecule has 0 spiro atoms. The fourth-order valence-corrected chi connectivity index (χ4v) is 2.42. The first kappa shape index (κ1) is 13.5. The highest BCUT2D eigenvalue weighted by Gasteiger charge is 2.23. The van der Waals surface area contributed by atoms with E-state index in [0.717, 1.165) is 0 Å². The van der Waals surface area contributed by atoms with Gasteiger partial charge in [-0.15, -0.1) is 0 Å². The number of carbonyl (C=O) groups excluding carboxylic acids is 1. The maximum atomic E-state index is 10.7. The number of hydrogen-bond donors (Lipinski definition) is 2. The fraction of sp³-hybridized carbons (Fsp3) is 0.917. The number of primary amides is 1. The zero-order valence-corrected chi connectivity index (χ0v) is 10.5. The van der Waals surface area contributed by atoms with Gasteiger partial charge in [0.25, 0.3) is 0 Å². The fourth-order valence-electron chi connectivity index (χ4n) is 2.42. The van der Waals surface area contributed by atoms with Gasteiger partial charge >= 0.3 is 0 Å². The van der Waals surface area contributed by atoms with Crippen molar-refractivity contribution in [2.24, 2.45) is 11.7 Å². The number of hydrogen-bond acceptors (Lipinski definition) is 3. The molecule has 1 amide bonds. The average molecular weight is 227 g/mol. The predicted octanol–water partition coefficient (Wildman–Crippen LogP) is 0.572. The summed E-state index contributed by atoms with van der Waals surface area (Å²) in [7, 11) is 0. The van der Waals surface area contributed by atoms with E-state index in [1.165, 1.54) is 38.9 Å². The van der Waals surface area contributed by atoms with E-state index in [1.54, 1.807) is 0 Å². The SMILES string of the molecule is CCCN1CCC(C(C)NCC(N)=O)CC1. The van der Waals surface area contributed by atoms with Crippen molar-refractivity contribution in [1.82, 2.24) is 10.2 Å². The number of rotatable bonds is 6. The van der Waals surface area contributed by atoms with Crippen molar-refractivity contribution in [3.8, 4) is 0 Å². The highest BCUT2D eigenvalue weighted by atomic mass is 16.1. The number of piperidine rings is 1. The molecule has 0 aromatic rings. The van der Waals surface area contributed by atoms with E-state index in [1.807, 2.05) is 0 Å². The van der Waals surface area contributed by atoms with Crippen LogP contribution in [0.5, 0.6) is 0 Å². The van der Waals surface area contributed by atoms with Crippen LogP contribution in [-0.4, -0.2) is 43.0 Å². The first-order chi connectivity index (χ1) is 7.63. The Morgan fingerprint density at radius 2 is 2.12 bits per heavy atom. The van der Waals surface area contributed by atoms with Gasteiger partial charge in [-0.1, -0.05) is 6.92 Å². The topological polar surface area (TPSA) is 58.4 Å².